The third-order valence-corrected chi connectivity index (χ3v) is 6.92. The van der Waals surface area contributed by atoms with E-state index in [0.29, 0.717) is 12.5 Å². The van der Waals surface area contributed by atoms with Crippen molar-refractivity contribution in [2.45, 2.75) is 76.0 Å². The van der Waals surface area contributed by atoms with E-state index in [9.17, 15) is 9.59 Å². The molecule has 0 bridgehead atoms. The van der Waals surface area contributed by atoms with Crippen LogP contribution in [0.3, 0.4) is 0 Å². The number of imide groups is 1. The molecule has 1 aliphatic carbocycles. The molecular formula is C26H33N5O2S. The highest BCUT2D eigenvalue weighted by atomic mass is 32.2. The smallest absolute Gasteiger partial charge is 0.321 e. The summed E-state index contributed by atoms with van der Waals surface area (Å²) in [6.45, 7) is 5.61. The molecule has 0 saturated heterocycles. The summed E-state index contributed by atoms with van der Waals surface area (Å²) in [7, 11) is 0. The highest BCUT2D eigenvalue weighted by Crippen LogP contribution is 2.33. The molecule has 2 aromatic carbocycles. The SMILES string of the molecule is CC(C)(C)NC(=O)NC(=O)CSc1nnc(Cc2cccc3ccccc23)n1C1CCCCC1. The Hall–Kier alpha value is -2.87. The van der Waals surface area contributed by atoms with E-state index in [1.165, 1.54) is 47.4 Å². The Labute approximate surface area is 205 Å². The first kappa shape index (κ1) is 24.3. The molecule has 0 unspecified atom stereocenters. The fraction of sp³-hybridized carbons (Fsp3) is 0.462. The number of nitrogens with zero attached hydrogens (tertiary/aromatic N) is 3. The number of nitrogens with one attached hydrogen (secondary N) is 2. The Kier molecular flexibility index (Phi) is 7.56. The molecule has 1 aliphatic rings. The van der Waals surface area contributed by atoms with Crippen LogP contribution in [0.15, 0.2) is 47.6 Å². The van der Waals surface area contributed by atoms with Gasteiger partial charge in [-0.3, -0.25) is 10.1 Å². The van der Waals surface area contributed by atoms with Crippen LogP contribution in [0.1, 0.15) is 70.3 Å². The zero-order valence-electron chi connectivity index (χ0n) is 20.1. The largest absolute Gasteiger partial charge is 0.333 e. The molecule has 4 rings (SSSR count). The van der Waals surface area contributed by atoms with Gasteiger partial charge in [-0.1, -0.05) is 73.5 Å². The summed E-state index contributed by atoms with van der Waals surface area (Å²) in [5.74, 6) is 0.689. The van der Waals surface area contributed by atoms with Crippen molar-refractivity contribution in [1.82, 2.24) is 25.4 Å². The van der Waals surface area contributed by atoms with Gasteiger partial charge in [0.25, 0.3) is 0 Å². The van der Waals surface area contributed by atoms with Crippen molar-refractivity contribution < 1.29 is 9.59 Å². The molecule has 1 aromatic heterocycles. The van der Waals surface area contributed by atoms with Gasteiger partial charge >= 0.3 is 6.03 Å². The number of rotatable bonds is 6. The number of benzene rings is 2. The van der Waals surface area contributed by atoms with Gasteiger partial charge in [0.15, 0.2) is 5.16 Å². The zero-order valence-corrected chi connectivity index (χ0v) is 21.0. The van der Waals surface area contributed by atoms with E-state index in [4.69, 9.17) is 0 Å². The van der Waals surface area contributed by atoms with Gasteiger partial charge in [-0.15, -0.1) is 10.2 Å². The molecule has 1 saturated carbocycles. The molecule has 180 valence electrons. The lowest BCUT2D eigenvalue weighted by molar-refractivity contribution is -0.117. The zero-order chi connectivity index (χ0) is 24.1. The molecule has 1 heterocycles. The average Bonchev–Trinajstić information content (AvgIpc) is 3.19. The fourth-order valence-corrected chi connectivity index (χ4v) is 5.34. The maximum Gasteiger partial charge on any atom is 0.321 e. The first-order valence-electron chi connectivity index (χ1n) is 12.0. The Morgan fingerprint density at radius 1 is 1.03 bits per heavy atom. The van der Waals surface area contributed by atoms with E-state index in [1.807, 2.05) is 20.8 Å². The molecule has 0 aliphatic heterocycles. The number of thioether (sulfide) groups is 1. The maximum absolute atomic E-state index is 12.4. The molecule has 0 spiro atoms. The Morgan fingerprint density at radius 2 is 1.76 bits per heavy atom. The van der Waals surface area contributed by atoms with E-state index in [-0.39, 0.29) is 11.7 Å². The average molecular weight is 480 g/mol. The van der Waals surface area contributed by atoms with Crippen molar-refractivity contribution in [3.63, 3.8) is 0 Å². The van der Waals surface area contributed by atoms with Gasteiger partial charge in [0, 0.05) is 18.0 Å². The van der Waals surface area contributed by atoms with E-state index >= 15 is 0 Å². The van der Waals surface area contributed by atoms with Gasteiger partial charge in [-0.2, -0.15) is 0 Å². The van der Waals surface area contributed by atoms with Crippen LogP contribution in [-0.4, -0.2) is 38.0 Å². The van der Waals surface area contributed by atoms with Crippen LogP contribution in [-0.2, 0) is 11.2 Å². The monoisotopic (exact) mass is 479 g/mol. The first-order valence-corrected chi connectivity index (χ1v) is 12.9. The van der Waals surface area contributed by atoms with Gasteiger partial charge in [0.05, 0.1) is 5.75 Å². The van der Waals surface area contributed by atoms with Gasteiger partial charge in [-0.25, -0.2) is 4.79 Å². The van der Waals surface area contributed by atoms with E-state index < -0.39 is 11.6 Å². The van der Waals surface area contributed by atoms with Crippen molar-refractivity contribution in [3.05, 3.63) is 53.9 Å². The Balaban J connectivity index is 1.53. The second-order valence-electron chi connectivity index (χ2n) is 9.92. The molecule has 8 heteroatoms. The number of urea groups is 1. The normalized spacial score (nSPS) is 14.8. The third kappa shape index (κ3) is 6.17. The van der Waals surface area contributed by atoms with Crippen LogP contribution in [0.25, 0.3) is 10.8 Å². The van der Waals surface area contributed by atoms with Crippen LogP contribution in [0, 0.1) is 0 Å². The standard InChI is InChI=1S/C26H33N5O2S/c1-26(2,3)28-24(33)27-23(32)17-34-25-30-29-22(31(25)20-13-5-4-6-14-20)16-19-12-9-11-18-10-7-8-15-21(18)19/h7-12,15,20H,4-6,13-14,16-17H2,1-3H3,(H2,27,28,32,33). The summed E-state index contributed by atoms with van der Waals surface area (Å²) in [6, 6.07) is 14.6. The minimum Gasteiger partial charge on any atom is -0.333 e. The Morgan fingerprint density at radius 3 is 2.53 bits per heavy atom. The molecule has 3 amide bonds. The molecule has 3 aromatic rings. The molecule has 0 radical (unpaired) electrons. The van der Waals surface area contributed by atoms with Crippen LogP contribution in [0.5, 0.6) is 0 Å². The quantitative estimate of drug-likeness (QED) is 0.472. The molecule has 1 fully saturated rings. The first-order chi connectivity index (χ1) is 16.3. The fourth-order valence-electron chi connectivity index (χ4n) is 4.51. The molecule has 34 heavy (non-hydrogen) atoms. The van der Waals surface area contributed by atoms with Gasteiger partial charge in [0.1, 0.15) is 5.82 Å². The number of aromatic nitrogens is 3. The lowest BCUT2D eigenvalue weighted by Gasteiger charge is -2.25. The highest BCUT2D eigenvalue weighted by molar-refractivity contribution is 7.99. The second kappa shape index (κ2) is 10.6. The lowest BCUT2D eigenvalue weighted by atomic mass is 9.95. The molecule has 0 atom stereocenters. The number of carbonyl (C=O) groups is 2. The topological polar surface area (TPSA) is 88.9 Å². The van der Waals surface area contributed by atoms with Crippen molar-refractivity contribution in [3.8, 4) is 0 Å². The van der Waals surface area contributed by atoms with Gasteiger partial charge < -0.3 is 9.88 Å². The van der Waals surface area contributed by atoms with Crippen LogP contribution >= 0.6 is 11.8 Å². The number of carbonyl (C=O) groups excluding carboxylic acids is 2. The predicted octanol–water partition coefficient (Wildman–Crippen LogP) is 5.24. The van der Waals surface area contributed by atoms with E-state index in [2.05, 4.69) is 67.9 Å². The summed E-state index contributed by atoms with van der Waals surface area (Å²) < 4.78 is 2.24. The van der Waals surface area contributed by atoms with Crippen molar-refractivity contribution >= 4 is 34.5 Å². The number of fused-ring (bicyclic) bond motifs is 1. The third-order valence-electron chi connectivity index (χ3n) is 5.98. The van der Waals surface area contributed by atoms with E-state index in [0.717, 1.165) is 23.8 Å². The molecular weight excluding hydrogens is 446 g/mol. The van der Waals surface area contributed by atoms with Crippen LogP contribution in [0.2, 0.25) is 0 Å². The maximum atomic E-state index is 12.4. The van der Waals surface area contributed by atoms with E-state index in [1.54, 1.807) is 0 Å². The van der Waals surface area contributed by atoms with Crippen LogP contribution < -0.4 is 10.6 Å². The summed E-state index contributed by atoms with van der Waals surface area (Å²) in [4.78, 5) is 24.4. The van der Waals surface area contributed by atoms with Crippen LogP contribution in [0.4, 0.5) is 4.79 Å². The van der Waals surface area contributed by atoms with Crippen molar-refractivity contribution in [2.24, 2.45) is 0 Å². The van der Waals surface area contributed by atoms with Crippen molar-refractivity contribution in [2.75, 3.05) is 5.75 Å². The minimum atomic E-state index is -0.483. The van der Waals surface area contributed by atoms with Gasteiger partial charge in [-0.05, 0) is 49.9 Å². The van der Waals surface area contributed by atoms with Gasteiger partial charge in [0.2, 0.25) is 5.91 Å². The molecule has 2 N–H and O–H groups in total. The summed E-state index contributed by atoms with van der Waals surface area (Å²) in [5, 5.41) is 17.4. The number of hydrogen-bond donors (Lipinski definition) is 2. The highest BCUT2D eigenvalue weighted by Gasteiger charge is 2.24. The number of amides is 3. The summed E-state index contributed by atoms with van der Waals surface area (Å²) >= 11 is 1.34. The van der Waals surface area contributed by atoms with Crippen molar-refractivity contribution in [1.29, 1.82) is 0 Å². The number of hydrogen-bond acceptors (Lipinski definition) is 5. The minimum absolute atomic E-state index is 0.108. The summed E-state index contributed by atoms with van der Waals surface area (Å²) in [6.07, 6.45) is 6.50. The Bertz CT molecular complexity index is 1160. The second-order valence-corrected chi connectivity index (χ2v) is 10.9. The predicted molar refractivity (Wildman–Crippen MR) is 136 cm³/mol. The lowest BCUT2D eigenvalue weighted by Crippen LogP contribution is -2.48. The summed E-state index contributed by atoms with van der Waals surface area (Å²) in [5.41, 5.74) is 0.811. The molecule has 7 nitrogen and oxygen atoms in total.